The molecule has 24 heavy (non-hydrogen) atoms. The molecule has 0 amide bonds. The van der Waals surface area contributed by atoms with E-state index < -0.39 is 10.0 Å². The number of hydrogen-bond donors (Lipinski definition) is 1. The van der Waals surface area contributed by atoms with Crippen molar-refractivity contribution in [3.05, 3.63) is 24.3 Å². The highest BCUT2D eigenvalue weighted by Crippen LogP contribution is 2.25. The molecule has 7 heteroatoms. The summed E-state index contributed by atoms with van der Waals surface area (Å²) in [5.41, 5.74) is 0. The number of methoxy groups -OCH3 is 1. The molecule has 2 saturated heterocycles. The van der Waals surface area contributed by atoms with Crippen molar-refractivity contribution in [3.63, 3.8) is 0 Å². The predicted molar refractivity (Wildman–Crippen MR) is 93.0 cm³/mol. The second-order valence-electron chi connectivity index (χ2n) is 6.39. The average molecular weight is 354 g/mol. The third-order valence-electron chi connectivity index (χ3n) is 4.83. The molecule has 0 aromatic heterocycles. The minimum atomic E-state index is -3.17. The van der Waals surface area contributed by atoms with Crippen LogP contribution in [0.1, 0.15) is 25.7 Å². The van der Waals surface area contributed by atoms with Gasteiger partial charge in [-0.05, 0) is 63.0 Å². The van der Waals surface area contributed by atoms with Gasteiger partial charge < -0.3 is 14.8 Å². The first-order chi connectivity index (χ1) is 11.6. The molecular formula is C17H26N2O4S. The highest BCUT2D eigenvalue weighted by molar-refractivity contribution is 7.89. The molecule has 2 aliphatic heterocycles. The number of benzene rings is 1. The molecule has 6 nitrogen and oxygen atoms in total. The van der Waals surface area contributed by atoms with Crippen LogP contribution in [0.15, 0.2) is 24.3 Å². The molecule has 1 N–H and O–H groups in total. The standard InChI is InChI=1S/C17H26N2O4S/c1-22-14-2-4-15(5-3-14)23-16-8-12-19(13-9-16)24(20,21)17-6-10-18-11-7-17/h2-5,16-18H,6-13H2,1H3. The van der Waals surface area contributed by atoms with E-state index in [2.05, 4.69) is 5.32 Å². The summed E-state index contributed by atoms with van der Waals surface area (Å²) in [6, 6.07) is 7.51. The third-order valence-corrected chi connectivity index (χ3v) is 7.23. The number of nitrogens with one attached hydrogen (secondary N) is 1. The third kappa shape index (κ3) is 4.02. The lowest BCUT2D eigenvalue weighted by atomic mass is 10.1. The summed E-state index contributed by atoms with van der Waals surface area (Å²) >= 11 is 0. The number of piperidine rings is 2. The number of rotatable bonds is 5. The van der Waals surface area contributed by atoms with E-state index in [0.29, 0.717) is 25.9 Å². The second-order valence-corrected chi connectivity index (χ2v) is 8.60. The van der Waals surface area contributed by atoms with E-state index in [1.807, 2.05) is 24.3 Å². The molecular weight excluding hydrogens is 328 g/mol. The highest BCUT2D eigenvalue weighted by Gasteiger charge is 2.35. The fourth-order valence-corrected chi connectivity index (χ4v) is 5.33. The summed E-state index contributed by atoms with van der Waals surface area (Å²) in [5.74, 6) is 1.60. The van der Waals surface area contributed by atoms with E-state index in [9.17, 15) is 8.42 Å². The van der Waals surface area contributed by atoms with Gasteiger partial charge in [-0.25, -0.2) is 12.7 Å². The van der Waals surface area contributed by atoms with Crippen LogP contribution in [-0.2, 0) is 10.0 Å². The fourth-order valence-electron chi connectivity index (χ4n) is 3.36. The minimum Gasteiger partial charge on any atom is -0.497 e. The van der Waals surface area contributed by atoms with E-state index in [1.54, 1.807) is 11.4 Å². The van der Waals surface area contributed by atoms with Crippen molar-refractivity contribution in [2.45, 2.75) is 37.0 Å². The Morgan fingerprint density at radius 3 is 2.17 bits per heavy atom. The summed E-state index contributed by atoms with van der Waals surface area (Å²) in [5, 5.41) is 3.00. The van der Waals surface area contributed by atoms with Gasteiger partial charge in [-0.2, -0.15) is 0 Å². The minimum absolute atomic E-state index is 0.0675. The van der Waals surface area contributed by atoms with Gasteiger partial charge in [0.1, 0.15) is 17.6 Å². The highest BCUT2D eigenvalue weighted by atomic mass is 32.2. The fraction of sp³-hybridized carbons (Fsp3) is 0.647. The molecule has 1 aromatic rings. The summed E-state index contributed by atoms with van der Waals surface area (Å²) in [6.07, 6.45) is 2.96. The Morgan fingerprint density at radius 1 is 1.00 bits per heavy atom. The van der Waals surface area contributed by atoms with Crippen molar-refractivity contribution in [2.75, 3.05) is 33.3 Å². The van der Waals surface area contributed by atoms with E-state index in [-0.39, 0.29) is 11.4 Å². The molecule has 0 atom stereocenters. The maximum atomic E-state index is 12.7. The SMILES string of the molecule is COc1ccc(OC2CCN(S(=O)(=O)C3CCNCC3)CC2)cc1. The van der Waals surface area contributed by atoms with Gasteiger partial charge in [-0.15, -0.1) is 0 Å². The summed E-state index contributed by atoms with van der Waals surface area (Å²) in [7, 11) is -1.54. The van der Waals surface area contributed by atoms with Crippen molar-refractivity contribution < 1.29 is 17.9 Å². The molecule has 0 aliphatic carbocycles. The molecule has 0 unspecified atom stereocenters. The summed E-state index contributed by atoms with van der Waals surface area (Å²) in [4.78, 5) is 0. The first kappa shape index (κ1) is 17.5. The lowest BCUT2D eigenvalue weighted by Crippen LogP contribution is -2.48. The van der Waals surface area contributed by atoms with Crippen molar-refractivity contribution in [1.29, 1.82) is 0 Å². The zero-order chi connectivity index (χ0) is 17.0. The van der Waals surface area contributed by atoms with Crippen LogP contribution in [0.5, 0.6) is 11.5 Å². The zero-order valence-corrected chi connectivity index (χ0v) is 14.9. The first-order valence-corrected chi connectivity index (χ1v) is 10.1. The predicted octanol–water partition coefficient (Wildman–Crippen LogP) is 1.62. The average Bonchev–Trinajstić information content (AvgIpc) is 2.63. The molecule has 2 fully saturated rings. The van der Waals surface area contributed by atoms with Crippen LogP contribution in [0.2, 0.25) is 0 Å². The molecule has 0 spiro atoms. The van der Waals surface area contributed by atoms with Gasteiger partial charge in [0.05, 0.1) is 12.4 Å². The lowest BCUT2D eigenvalue weighted by Gasteiger charge is -2.35. The van der Waals surface area contributed by atoms with Crippen LogP contribution in [0.3, 0.4) is 0 Å². The van der Waals surface area contributed by atoms with Crippen LogP contribution >= 0.6 is 0 Å². The van der Waals surface area contributed by atoms with E-state index >= 15 is 0 Å². The Hall–Kier alpha value is -1.31. The maximum absolute atomic E-state index is 12.7. The topological polar surface area (TPSA) is 67.9 Å². The monoisotopic (exact) mass is 354 g/mol. The Bertz CT molecular complexity index is 618. The molecule has 3 rings (SSSR count). The number of ether oxygens (including phenoxy) is 2. The first-order valence-electron chi connectivity index (χ1n) is 8.60. The van der Waals surface area contributed by atoms with E-state index in [0.717, 1.165) is 37.4 Å². The Labute approximate surface area is 144 Å². The van der Waals surface area contributed by atoms with Gasteiger partial charge in [0.15, 0.2) is 0 Å². The molecule has 0 radical (unpaired) electrons. The second kappa shape index (κ2) is 7.72. The van der Waals surface area contributed by atoms with Crippen LogP contribution in [0, 0.1) is 0 Å². The smallest absolute Gasteiger partial charge is 0.217 e. The van der Waals surface area contributed by atoms with E-state index in [4.69, 9.17) is 9.47 Å². The number of nitrogens with zero attached hydrogens (tertiary/aromatic N) is 1. The molecule has 2 aliphatic rings. The molecule has 134 valence electrons. The van der Waals surface area contributed by atoms with Crippen molar-refractivity contribution in [3.8, 4) is 11.5 Å². The molecule has 0 bridgehead atoms. The van der Waals surface area contributed by atoms with Gasteiger partial charge in [0.2, 0.25) is 10.0 Å². The summed E-state index contributed by atoms with van der Waals surface area (Å²) < 4.78 is 38.2. The number of hydrogen-bond acceptors (Lipinski definition) is 5. The largest absolute Gasteiger partial charge is 0.497 e. The van der Waals surface area contributed by atoms with Gasteiger partial charge in [-0.1, -0.05) is 0 Å². The van der Waals surface area contributed by atoms with Crippen molar-refractivity contribution in [1.82, 2.24) is 9.62 Å². The van der Waals surface area contributed by atoms with Crippen molar-refractivity contribution in [2.24, 2.45) is 0 Å². The maximum Gasteiger partial charge on any atom is 0.217 e. The lowest BCUT2D eigenvalue weighted by molar-refractivity contribution is 0.134. The number of sulfonamides is 1. The van der Waals surface area contributed by atoms with Gasteiger partial charge in [-0.3, -0.25) is 0 Å². The van der Waals surface area contributed by atoms with Crippen LogP contribution < -0.4 is 14.8 Å². The van der Waals surface area contributed by atoms with Gasteiger partial charge >= 0.3 is 0 Å². The molecule has 1 aromatic carbocycles. The molecule has 0 saturated carbocycles. The normalized spacial score (nSPS) is 21.5. The van der Waals surface area contributed by atoms with Crippen LogP contribution in [0.4, 0.5) is 0 Å². The summed E-state index contributed by atoms with van der Waals surface area (Å²) in [6.45, 7) is 2.68. The van der Waals surface area contributed by atoms with Gasteiger partial charge in [0, 0.05) is 13.1 Å². The Morgan fingerprint density at radius 2 is 1.58 bits per heavy atom. The Balaban J connectivity index is 1.53. The van der Waals surface area contributed by atoms with Crippen LogP contribution in [-0.4, -0.2) is 57.4 Å². The van der Waals surface area contributed by atoms with Crippen LogP contribution in [0.25, 0.3) is 0 Å². The quantitative estimate of drug-likeness (QED) is 0.870. The zero-order valence-electron chi connectivity index (χ0n) is 14.1. The van der Waals surface area contributed by atoms with Gasteiger partial charge in [0.25, 0.3) is 0 Å². The van der Waals surface area contributed by atoms with E-state index in [1.165, 1.54) is 0 Å². The van der Waals surface area contributed by atoms with Crippen molar-refractivity contribution >= 4 is 10.0 Å². The Kier molecular flexibility index (Phi) is 5.63. The molecule has 2 heterocycles.